The second-order valence-electron chi connectivity index (χ2n) is 6.37. The van der Waals surface area contributed by atoms with E-state index in [4.69, 9.17) is 16.3 Å². The molecule has 1 saturated heterocycles. The van der Waals surface area contributed by atoms with Crippen LogP contribution in [-0.4, -0.2) is 61.2 Å². The smallest absolute Gasteiger partial charge is 0.310 e. The Hall–Kier alpha value is -2.76. The third-order valence-corrected chi connectivity index (χ3v) is 6.72. The molecule has 2 aromatic rings. The minimum Gasteiger partial charge on any atom is -0.477 e. The van der Waals surface area contributed by atoms with Crippen molar-refractivity contribution < 1.29 is 27.3 Å². The second-order valence-corrected chi connectivity index (χ2v) is 8.72. The Labute approximate surface area is 176 Å². The zero-order valence-electron chi connectivity index (χ0n) is 15.5. The number of nitrogens with zero attached hydrogens (tertiary/aromatic N) is 3. The molecule has 0 bridgehead atoms. The molecule has 1 heterocycles. The average molecular weight is 458 g/mol. The Morgan fingerprint density at radius 2 is 1.83 bits per heavy atom. The van der Waals surface area contributed by atoms with E-state index in [0.717, 1.165) is 18.2 Å². The van der Waals surface area contributed by atoms with Crippen molar-refractivity contribution in [3.63, 3.8) is 0 Å². The van der Waals surface area contributed by atoms with E-state index in [0.29, 0.717) is 0 Å². The number of carbonyl (C=O) groups excluding carboxylic acids is 1. The summed E-state index contributed by atoms with van der Waals surface area (Å²) in [6, 6.07) is 8.86. The van der Waals surface area contributed by atoms with Gasteiger partial charge in [0.2, 0.25) is 10.0 Å². The Kier molecular flexibility index (Phi) is 6.54. The second kappa shape index (κ2) is 8.94. The number of amides is 1. The van der Waals surface area contributed by atoms with Crippen molar-refractivity contribution in [2.24, 2.45) is 0 Å². The van der Waals surface area contributed by atoms with Crippen LogP contribution in [-0.2, 0) is 14.8 Å². The third kappa shape index (κ3) is 4.69. The van der Waals surface area contributed by atoms with Gasteiger partial charge in [-0.1, -0.05) is 23.7 Å². The summed E-state index contributed by atoms with van der Waals surface area (Å²) < 4.78 is 45.2. The zero-order chi connectivity index (χ0) is 21.9. The van der Waals surface area contributed by atoms with Crippen LogP contribution in [0.3, 0.4) is 0 Å². The van der Waals surface area contributed by atoms with Crippen LogP contribution in [0.1, 0.15) is 0 Å². The van der Waals surface area contributed by atoms with Gasteiger partial charge >= 0.3 is 5.69 Å². The number of sulfonamides is 1. The summed E-state index contributed by atoms with van der Waals surface area (Å²) in [7, 11) is -3.88. The molecule has 2 aromatic carbocycles. The number of nitro groups is 1. The summed E-state index contributed by atoms with van der Waals surface area (Å²) in [6.07, 6.45) is 0. The minimum atomic E-state index is -3.88. The highest BCUT2D eigenvalue weighted by molar-refractivity contribution is 7.89. The van der Waals surface area contributed by atoms with E-state index in [2.05, 4.69) is 0 Å². The van der Waals surface area contributed by atoms with E-state index in [-0.39, 0.29) is 47.5 Å². The van der Waals surface area contributed by atoms with E-state index >= 15 is 0 Å². The molecule has 0 aliphatic carbocycles. The first kappa shape index (κ1) is 21.9. The maximum absolute atomic E-state index is 13.3. The predicted molar refractivity (Wildman–Crippen MR) is 105 cm³/mol. The minimum absolute atomic E-state index is 0.0229. The van der Waals surface area contributed by atoms with Gasteiger partial charge in [-0.15, -0.1) is 0 Å². The number of rotatable bonds is 6. The first-order valence-electron chi connectivity index (χ1n) is 8.79. The lowest BCUT2D eigenvalue weighted by atomic mass is 10.3. The van der Waals surface area contributed by atoms with Gasteiger partial charge < -0.3 is 9.64 Å². The molecule has 0 atom stereocenters. The van der Waals surface area contributed by atoms with Gasteiger partial charge in [-0.2, -0.15) is 4.31 Å². The zero-order valence-corrected chi connectivity index (χ0v) is 17.1. The molecular weight excluding hydrogens is 441 g/mol. The summed E-state index contributed by atoms with van der Waals surface area (Å²) in [5, 5.41) is 10.7. The van der Waals surface area contributed by atoms with Gasteiger partial charge in [0.15, 0.2) is 12.4 Å². The molecule has 0 saturated carbocycles. The Bertz CT molecular complexity index is 1070. The van der Waals surface area contributed by atoms with Crippen molar-refractivity contribution in [1.82, 2.24) is 9.21 Å². The number of nitro benzene ring substituents is 1. The predicted octanol–water partition coefficient (Wildman–Crippen LogP) is 2.30. The summed E-state index contributed by atoms with van der Waals surface area (Å²) in [5.41, 5.74) is -0.251. The lowest BCUT2D eigenvalue weighted by molar-refractivity contribution is -0.385. The highest BCUT2D eigenvalue weighted by Crippen LogP contribution is 2.26. The summed E-state index contributed by atoms with van der Waals surface area (Å²) in [5.74, 6) is -1.16. The fourth-order valence-electron chi connectivity index (χ4n) is 2.93. The summed E-state index contributed by atoms with van der Waals surface area (Å²) in [4.78, 5) is 24.0. The van der Waals surface area contributed by atoms with Gasteiger partial charge in [-0.05, 0) is 24.3 Å². The SMILES string of the molecule is O=C(COc1ccccc1[N+](=O)[O-])N1CCN(S(=O)(=O)c2ccc(F)c(Cl)c2)CC1. The van der Waals surface area contributed by atoms with Crippen molar-refractivity contribution >= 4 is 33.2 Å². The Morgan fingerprint density at radius 3 is 2.47 bits per heavy atom. The lowest BCUT2D eigenvalue weighted by Gasteiger charge is -2.34. The molecule has 12 heteroatoms. The largest absolute Gasteiger partial charge is 0.477 e. The number of piperazine rings is 1. The molecule has 0 unspecified atom stereocenters. The van der Waals surface area contributed by atoms with Gasteiger partial charge in [-0.3, -0.25) is 14.9 Å². The van der Waals surface area contributed by atoms with E-state index in [1.165, 1.54) is 27.4 Å². The molecule has 1 aliphatic rings. The van der Waals surface area contributed by atoms with Crippen LogP contribution in [0.15, 0.2) is 47.4 Å². The molecule has 0 spiro atoms. The standard InChI is InChI=1S/C18H17ClFN3O6S/c19-14-11-13(5-6-15(14)20)30(27,28)22-9-7-21(8-10-22)18(24)12-29-17-4-2-1-3-16(17)23(25)26/h1-6,11H,7-10,12H2. The van der Waals surface area contributed by atoms with Crippen LogP contribution >= 0.6 is 11.6 Å². The number of para-hydroxylation sites is 2. The number of benzene rings is 2. The van der Waals surface area contributed by atoms with Crippen molar-refractivity contribution in [3.05, 3.63) is 63.4 Å². The molecule has 1 amide bonds. The number of hydrogen-bond donors (Lipinski definition) is 0. The van der Waals surface area contributed by atoms with Gasteiger partial charge in [0.05, 0.1) is 14.8 Å². The van der Waals surface area contributed by atoms with E-state index in [9.17, 15) is 27.7 Å². The molecular formula is C18H17ClFN3O6S. The molecule has 0 aromatic heterocycles. The monoisotopic (exact) mass is 457 g/mol. The van der Waals surface area contributed by atoms with E-state index in [1.54, 1.807) is 6.07 Å². The number of halogens is 2. The molecule has 1 aliphatic heterocycles. The van der Waals surface area contributed by atoms with E-state index in [1.807, 2.05) is 0 Å². The molecule has 0 N–H and O–H groups in total. The van der Waals surface area contributed by atoms with Crippen LogP contribution in [0, 0.1) is 15.9 Å². The van der Waals surface area contributed by atoms with Crippen molar-refractivity contribution in [1.29, 1.82) is 0 Å². The van der Waals surface area contributed by atoms with E-state index < -0.39 is 33.3 Å². The van der Waals surface area contributed by atoms with Crippen LogP contribution in [0.2, 0.25) is 5.02 Å². The Morgan fingerprint density at radius 1 is 1.17 bits per heavy atom. The normalized spacial score (nSPS) is 15.1. The molecule has 9 nitrogen and oxygen atoms in total. The first-order valence-corrected chi connectivity index (χ1v) is 10.6. The van der Waals surface area contributed by atoms with Crippen LogP contribution in [0.5, 0.6) is 5.75 Å². The van der Waals surface area contributed by atoms with Gasteiger partial charge in [0.25, 0.3) is 5.91 Å². The van der Waals surface area contributed by atoms with Crippen molar-refractivity contribution in [2.45, 2.75) is 4.90 Å². The maximum atomic E-state index is 13.3. The van der Waals surface area contributed by atoms with Crippen molar-refractivity contribution in [2.75, 3.05) is 32.8 Å². The number of ether oxygens (including phenoxy) is 1. The quantitative estimate of drug-likeness (QED) is 0.486. The Balaban J connectivity index is 1.59. The van der Waals surface area contributed by atoms with Gasteiger partial charge in [-0.25, -0.2) is 12.8 Å². The maximum Gasteiger partial charge on any atom is 0.310 e. The topological polar surface area (TPSA) is 110 Å². The summed E-state index contributed by atoms with van der Waals surface area (Å²) in [6.45, 7) is -0.102. The van der Waals surface area contributed by atoms with Crippen molar-refractivity contribution in [3.8, 4) is 5.75 Å². The fourth-order valence-corrected chi connectivity index (χ4v) is 4.62. The lowest BCUT2D eigenvalue weighted by Crippen LogP contribution is -2.51. The average Bonchev–Trinajstić information content (AvgIpc) is 2.74. The third-order valence-electron chi connectivity index (χ3n) is 4.53. The highest BCUT2D eigenvalue weighted by Gasteiger charge is 2.31. The first-order chi connectivity index (χ1) is 14.2. The molecule has 160 valence electrons. The summed E-state index contributed by atoms with van der Waals surface area (Å²) >= 11 is 5.67. The highest BCUT2D eigenvalue weighted by atomic mass is 35.5. The van der Waals surface area contributed by atoms with Gasteiger partial charge in [0, 0.05) is 32.2 Å². The van der Waals surface area contributed by atoms with Gasteiger partial charge in [0.1, 0.15) is 5.82 Å². The molecule has 1 fully saturated rings. The molecule has 30 heavy (non-hydrogen) atoms. The molecule has 0 radical (unpaired) electrons. The molecule has 3 rings (SSSR count). The number of hydrogen-bond acceptors (Lipinski definition) is 6. The van der Waals surface area contributed by atoms with Crippen LogP contribution < -0.4 is 4.74 Å². The fraction of sp³-hybridized carbons (Fsp3) is 0.278. The number of carbonyl (C=O) groups is 1. The van der Waals surface area contributed by atoms with Crippen LogP contribution in [0.25, 0.3) is 0 Å². The van der Waals surface area contributed by atoms with Crippen LogP contribution in [0.4, 0.5) is 10.1 Å².